The number of rotatable bonds is 3. The predicted octanol–water partition coefficient (Wildman–Crippen LogP) is 2.04. The van der Waals surface area contributed by atoms with Gasteiger partial charge in [-0.1, -0.05) is 20.8 Å². The van der Waals surface area contributed by atoms with E-state index in [0.717, 1.165) is 29.8 Å². The van der Waals surface area contributed by atoms with Crippen molar-refractivity contribution in [1.29, 1.82) is 5.26 Å². The van der Waals surface area contributed by atoms with Gasteiger partial charge in [-0.05, 0) is 18.8 Å². The predicted molar refractivity (Wildman–Crippen MR) is 51.2 cm³/mol. The maximum absolute atomic E-state index is 8.92. The van der Waals surface area contributed by atoms with Crippen LogP contribution in [0.4, 0.5) is 0 Å². The van der Waals surface area contributed by atoms with Gasteiger partial charge in [0.15, 0.2) is 0 Å². The first-order chi connectivity index (χ1) is 6.19. The van der Waals surface area contributed by atoms with Crippen LogP contribution in [0.3, 0.4) is 0 Å². The average molecular weight is 177 g/mol. The van der Waals surface area contributed by atoms with Gasteiger partial charge in [-0.15, -0.1) is 0 Å². The molecule has 0 aliphatic heterocycles. The number of hydrogen-bond donors (Lipinski definition) is 1. The Bertz CT molecular complexity index is 317. The van der Waals surface area contributed by atoms with Crippen LogP contribution in [0.2, 0.25) is 0 Å². The van der Waals surface area contributed by atoms with Crippen molar-refractivity contribution in [2.75, 3.05) is 0 Å². The van der Waals surface area contributed by atoms with Crippen LogP contribution in [0.25, 0.3) is 0 Å². The Morgan fingerprint density at radius 3 is 2.69 bits per heavy atom. The SMILES string of the molecule is CCc1n[nH]c(CC(C)C)c1C#N. The highest BCUT2D eigenvalue weighted by atomic mass is 15.1. The van der Waals surface area contributed by atoms with E-state index < -0.39 is 0 Å². The molecule has 1 aromatic rings. The number of nitrogens with zero attached hydrogens (tertiary/aromatic N) is 2. The van der Waals surface area contributed by atoms with E-state index in [1.165, 1.54) is 0 Å². The Labute approximate surface area is 78.8 Å². The number of aromatic nitrogens is 2. The van der Waals surface area contributed by atoms with Crippen molar-refractivity contribution in [2.24, 2.45) is 5.92 Å². The molecule has 0 radical (unpaired) electrons. The van der Waals surface area contributed by atoms with Crippen molar-refractivity contribution in [2.45, 2.75) is 33.6 Å². The summed E-state index contributed by atoms with van der Waals surface area (Å²) in [5, 5.41) is 16.0. The second-order valence-corrected chi connectivity index (χ2v) is 3.59. The van der Waals surface area contributed by atoms with Crippen molar-refractivity contribution in [3.05, 3.63) is 17.0 Å². The van der Waals surface area contributed by atoms with Gasteiger partial charge in [0, 0.05) is 0 Å². The molecule has 0 atom stereocenters. The summed E-state index contributed by atoms with van der Waals surface area (Å²) in [4.78, 5) is 0. The zero-order valence-corrected chi connectivity index (χ0v) is 8.39. The van der Waals surface area contributed by atoms with E-state index in [4.69, 9.17) is 5.26 Å². The van der Waals surface area contributed by atoms with Gasteiger partial charge in [-0.25, -0.2) is 0 Å². The largest absolute Gasteiger partial charge is 0.281 e. The summed E-state index contributed by atoms with van der Waals surface area (Å²) in [6.07, 6.45) is 1.72. The summed E-state index contributed by atoms with van der Waals surface area (Å²) in [6.45, 7) is 6.28. The molecule has 0 spiro atoms. The standard InChI is InChI=1S/C10H15N3/c1-4-9-8(6-11)10(13-12-9)5-7(2)3/h7H,4-5H2,1-3H3,(H,12,13). The molecule has 13 heavy (non-hydrogen) atoms. The molecule has 0 saturated carbocycles. The third kappa shape index (κ3) is 2.09. The number of H-pyrrole nitrogens is 1. The van der Waals surface area contributed by atoms with Crippen LogP contribution >= 0.6 is 0 Å². The summed E-state index contributed by atoms with van der Waals surface area (Å²) in [7, 11) is 0. The summed E-state index contributed by atoms with van der Waals surface area (Å²) in [6, 6.07) is 2.21. The molecule has 0 aliphatic rings. The molecule has 1 heterocycles. The number of aryl methyl sites for hydroxylation is 1. The second kappa shape index (κ2) is 4.08. The summed E-state index contributed by atoms with van der Waals surface area (Å²) in [5.74, 6) is 0.553. The first-order valence-corrected chi connectivity index (χ1v) is 4.65. The highest BCUT2D eigenvalue weighted by Gasteiger charge is 2.11. The van der Waals surface area contributed by atoms with Crippen LogP contribution in [-0.2, 0) is 12.8 Å². The van der Waals surface area contributed by atoms with E-state index in [2.05, 4.69) is 30.1 Å². The minimum Gasteiger partial charge on any atom is -0.281 e. The monoisotopic (exact) mass is 177 g/mol. The smallest absolute Gasteiger partial charge is 0.103 e. The van der Waals surface area contributed by atoms with E-state index in [0.29, 0.717) is 5.92 Å². The fourth-order valence-electron chi connectivity index (χ4n) is 1.36. The molecular weight excluding hydrogens is 162 g/mol. The van der Waals surface area contributed by atoms with Gasteiger partial charge >= 0.3 is 0 Å². The lowest BCUT2D eigenvalue weighted by Crippen LogP contribution is -1.97. The Morgan fingerprint density at radius 1 is 1.54 bits per heavy atom. The van der Waals surface area contributed by atoms with E-state index in [-0.39, 0.29) is 0 Å². The van der Waals surface area contributed by atoms with E-state index >= 15 is 0 Å². The molecule has 1 rings (SSSR count). The van der Waals surface area contributed by atoms with Crippen LogP contribution < -0.4 is 0 Å². The lowest BCUT2D eigenvalue weighted by atomic mass is 10.0. The third-order valence-electron chi connectivity index (χ3n) is 1.98. The molecule has 1 N–H and O–H groups in total. The fraction of sp³-hybridized carbons (Fsp3) is 0.600. The van der Waals surface area contributed by atoms with Gasteiger partial charge in [-0.2, -0.15) is 10.4 Å². The molecule has 0 fully saturated rings. The van der Waals surface area contributed by atoms with Gasteiger partial charge in [0.1, 0.15) is 6.07 Å². The number of hydrogen-bond acceptors (Lipinski definition) is 2. The highest BCUT2D eigenvalue weighted by molar-refractivity contribution is 5.37. The zero-order valence-electron chi connectivity index (χ0n) is 8.39. The molecule has 0 aromatic carbocycles. The molecule has 0 unspecified atom stereocenters. The molecular formula is C10H15N3. The Morgan fingerprint density at radius 2 is 2.23 bits per heavy atom. The quantitative estimate of drug-likeness (QED) is 0.768. The first-order valence-electron chi connectivity index (χ1n) is 4.65. The van der Waals surface area contributed by atoms with Crippen molar-refractivity contribution >= 4 is 0 Å². The molecule has 1 aromatic heterocycles. The molecule has 3 heteroatoms. The van der Waals surface area contributed by atoms with Gasteiger partial charge < -0.3 is 0 Å². The van der Waals surface area contributed by atoms with Crippen LogP contribution in [-0.4, -0.2) is 10.2 Å². The molecule has 0 aliphatic carbocycles. The Hall–Kier alpha value is -1.30. The van der Waals surface area contributed by atoms with E-state index in [1.807, 2.05) is 6.92 Å². The van der Waals surface area contributed by atoms with Crippen molar-refractivity contribution in [3.8, 4) is 6.07 Å². The Balaban J connectivity index is 2.96. The van der Waals surface area contributed by atoms with Gasteiger partial charge in [0.25, 0.3) is 0 Å². The van der Waals surface area contributed by atoms with Crippen LogP contribution in [0.5, 0.6) is 0 Å². The van der Waals surface area contributed by atoms with Crippen LogP contribution in [0, 0.1) is 17.2 Å². The normalized spacial score (nSPS) is 10.4. The molecule has 0 amide bonds. The molecule has 3 nitrogen and oxygen atoms in total. The van der Waals surface area contributed by atoms with Crippen molar-refractivity contribution in [3.63, 3.8) is 0 Å². The summed E-state index contributed by atoms with van der Waals surface area (Å²) >= 11 is 0. The van der Waals surface area contributed by atoms with E-state index in [1.54, 1.807) is 0 Å². The third-order valence-corrected chi connectivity index (χ3v) is 1.98. The van der Waals surface area contributed by atoms with Crippen molar-refractivity contribution in [1.82, 2.24) is 10.2 Å². The van der Waals surface area contributed by atoms with Crippen molar-refractivity contribution < 1.29 is 0 Å². The highest BCUT2D eigenvalue weighted by Crippen LogP contribution is 2.14. The first kappa shape index (κ1) is 9.79. The number of nitrogens with one attached hydrogen (secondary N) is 1. The van der Waals surface area contributed by atoms with E-state index in [9.17, 15) is 0 Å². The minimum absolute atomic E-state index is 0.553. The molecule has 0 bridgehead atoms. The zero-order chi connectivity index (χ0) is 9.84. The van der Waals surface area contributed by atoms with Crippen LogP contribution in [0.15, 0.2) is 0 Å². The fourth-order valence-corrected chi connectivity index (χ4v) is 1.36. The number of aromatic amines is 1. The van der Waals surface area contributed by atoms with Gasteiger partial charge in [0.05, 0.1) is 17.0 Å². The Kier molecular flexibility index (Phi) is 3.07. The maximum Gasteiger partial charge on any atom is 0.103 e. The topological polar surface area (TPSA) is 52.5 Å². The summed E-state index contributed by atoms with van der Waals surface area (Å²) in [5.41, 5.74) is 2.61. The number of nitriles is 1. The molecule has 0 saturated heterocycles. The lowest BCUT2D eigenvalue weighted by molar-refractivity contribution is 0.633. The molecule has 70 valence electrons. The maximum atomic E-state index is 8.92. The average Bonchev–Trinajstić information content (AvgIpc) is 2.45. The lowest BCUT2D eigenvalue weighted by Gasteiger charge is -2.01. The minimum atomic E-state index is 0.553. The second-order valence-electron chi connectivity index (χ2n) is 3.59. The van der Waals surface area contributed by atoms with Gasteiger partial charge in [0.2, 0.25) is 0 Å². The van der Waals surface area contributed by atoms with Gasteiger partial charge in [-0.3, -0.25) is 5.10 Å². The summed E-state index contributed by atoms with van der Waals surface area (Å²) < 4.78 is 0. The van der Waals surface area contributed by atoms with Crippen LogP contribution in [0.1, 0.15) is 37.7 Å².